The van der Waals surface area contributed by atoms with Gasteiger partial charge in [0, 0.05) is 12.1 Å². The van der Waals surface area contributed by atoms with Crippen molar-refractivity contribution in [3.63, 3.8) is 0 Å². The number of nitrogens with zero attached hydrogens (tertiary/aromatic N) is 1. The van der Waals surface area contributed by atoms with E-state index in [-0.39, 0.29) is 10.0 Å². The van der Waals surface area contributed by atoms with E-state index in [1.165, 1.54) is 0 Å². The standard InChI is InChI=1S/C20H24F4N2O/c1-13-7-5-4-6-9-26(3,10-8-14(2)25)19(13)18-16(21)11-15(12-17(18)27)20(22,23)24/h4-5,7-8,11-12,19H,6,9-10,25H2,1-3H3/p+1/b5-4-,13-7+,14-8+. The topological polar surface area (TPSA) is 46.2 Å². The van der Waals surface area contributed by atoms with Crippen molar-refractivity contribution in [2.24, 2.45) is 5.73 Å². The second-order valence-electron chi connectivity index (χ2n) is 7.25. The molecule has 0 fully saturated rings. The number of likely N-dealkylation sites (N-methyl/N-ethyl adjacent to an activating group) is 1. The number of halogens is 4. The van der Waals surface area contributed by atoms with E-state index < -0.39 is 29.3 Å². The Morgan fingerprint density at radius 1 is 1.37 bits per heavy atom. The Morgan fingerprint density at radius 3 is 2.59 bits per heavy atom. The van der Waals surface area contributed by atoms with Crippen LogP contribution in [0.2, 0.25) is 0 Å². The molecule has 2 unspecified atom stereocenters. The molecule has 0 bridgehead atoms. The number of phenolic OH excluding ortho intramolecular Hbond substituents is 1. The lowest BCUT2D eigenvalue weighted by atomic mass is 9.91. The number of benzene rings is 1. The van der Waals surface area contributed by atoms with E-state index in [0.29, 0.717) is 37.3 Å². The maximum Gasteiger partial charge on any atom is 0.416 e. The van der Waals surface area contributed by atoms with Gasteiger partial charge in [0.15, 0.2) is 0 Å². The zero-order valence-electron chi connectivity index (χ0n) is 15.6. The summed E-state index contributed by atoms with van der Waals surface area (Å²) in [7, 11) is 1.89. The molecule has 1 aromatic rings. The van der Waals surface area contributed by atoms with E-state index in [9.17, 15) is 22.7 Å². The highest BCUT2D eigenvalue weighted by molar-refractivity contribution is 5.43. The molecule has 0 spiro atoms. The number of phenols is 1. The average molecular weight is 385 g/mol. The van der Waals surface area contributed by atoms with E-state index >= 15 is 0 Å². The highest BCUT2D eigenvalue weighted by atomic mass is 19.4. The Hall–Kier alpha value is -2.28. The van der Waals surface area contributed by atoms with Crippen molar-refractivity contribution in [3.05, 3.63) is 64.7 Å². The molecule has 0 saturated heterocycles. The molecule has 148 valence electrons. The highest BCUT2D eigenvalue weighted by Gasteiger charge is 2.40. The third-order valence-electron chi connectivity index (χ3n) is 4.90. The SMILES string of the molecule is C/C(N)=C\C[N+]1(C)CC/C=C\C=C(/C)C1c1c(O)cc(C(F)(F)F)cc1F. The fourth-order valence-corrected chi connectivity index (χ4v) is 3.52. The van der Waals surface area contributed by atoms with E-state index in [0.717, 1.165) is 5.57 Å². The van der Waals surface area contributed by atoms with Crippen LogP contribution in [0.15, 0.2) is 47.7 Å². The van der Waals surface area contributed by atoms with Gasteiger partial charge in [0.05, 0.1) is 31.3 Å². The highest BCUT2D eigenvalue weighted by Crippen LogP contribution is 2.43. The van der Waals surface area contributed by atoms with Gasteiger partial charge in [0.2, 0.25) is 0 Å². The van der Waals surface area contributed by atoms with Crippen LogP contribution in [-0.2, 0) is 6.18 Å². The summed E-state index contributed by atoms with van der Waals surface area (Å²) in [5.74, 6) is -1.76. The Balaban J connectivity index is 2.66. The first-order chi connectivity index (χ1) is 12.5. The van der Waals surface area contributed by atoms with Gasteiger partial charge in [-0.3, -0.25) is 0 Å². The summed E-state index contributed by atoms with van der Waals surface area (Å²) in [6, 6.07) is 0.396. The van der Waals surface area contributed by atoms with Crippen LogP contribution in [-0.4, -0.2) is 29.7 Å². The van der Waals surface area contributed by atoms with Crippen LogP contribution in [0.5, 0.6) is 5.75 Å². The van der Waals surface area contributed by atoms with Crippen LogP contribution >= 0.6 is 0 Å². The Kier molecular flexibility index (Phi) is 6.04. The molecule has 2 atom stereocenters. The van der Waals surface area contributed by atoms with Gasteiger partial charge in [0.25, 0.3) is 0 Å². The van der Waals surface area contributed by atoms with E-state index in [4.69, 9.17) is 5.73 Å². The number of hydrogen-bond donors (Lipinski definition) is 2. The van der Waals surface area contributed by atoms with Crippen LogP contribution in [0.3, 0.4) is 0 Å². The molecule has 1 heterocycles. The summed E-state index contributed by atoms with van der Waals surface area (Å²) in [4.78, 5) is 0. The van der Waals surface area contributed by atoms with Gasteiger partial charge >= 0.3 is 6.18 Å². The monoisotopic (exact) mass is 385 g/mol. The van der Waals surface area contributed by atoms with Crippen LogP contribution in [0.25, 0.3) is 0 Å². The van der Waals surface area contributed by atoms with Gasteiger partial charge in [-0.15, -0.1) is 0 Å². The quantitative estimate of drug-likeness (QED) is 0.580. The summed E-state index contributed by atoms with van der Waals surface area (Å²) in [5, 5.41) is 10.3. The van der Waals surface area contributed by atoms with Gasteiger partial charge in [-0.25, -0.2) is 4.39 Å². The maximum absolute atomic E-state index is 14.8. The van der Waals surface area contributed by atoms with Crippen LogP contribution < -0.4 is 5.73 Å². The van der Waals surface area contributed by atoms with Gasteiger partial charge < -0.3 is 15.3 Å². The molecule has 0 radical (unpaired) electrons. The van der Waals surface area contributed by atoms with Crippen molar-refractivity contribution >= 4 is 0 Å². The summed E-state index contributed by atoms with van der Waals surface area (Å²) in [5.41, 5.74) is 5.77. The van der Waals surface area contributed by atoms with Gasteiger partial charge in [-0.2, -0.15) is 13.2 Å². The molecule has 27 heavy (non-hydrogen) atoms. The molecule has 0 saturated carbocycles. The zero-order valence-corrected chi connectivity index (χ0v) is 15.6. The molecule has 1 aliphatic rings. The average Bonchev–Trinajstić information content (AvgIpc) is 2.53. The number of hydrogen-bond acceptors (Lipinski definition) is 2. The smallest absolute Gasteiger partial charge is 0.416 e. The first-order valence-corrected chi connectivity index (χ1v) is 8.65. The zero-order chi connectivity index (χ0) is 20.4. The summed E-state index contributed by atoms with van der Waals surface area (Å²) in [6.45, 7) is 4.58. The third-order valence-corrected chi connectivity index (χ3v) is 4.90. The van der Waals surface area contributed by atoms with E-state index in [1.54, 1.807) is 19.9 Å². The van der Waals surface area contributed by atoms with E-state index in [2.05, 4.69) is 0 Å². The Morgan fingerprint density at radius 2 is 2.04 bits per heavy atom. The van der Waals surface area contributed by atoms with Crippen molar-refractivity contribution in [2.45, 2.75) is 32.5 Å². The lowest BCUT2D eigenvalue weighted by Crippen LogP contribution is -2.49. The molecule has 3 N–H and O–H groups in total. The molecule has 2 rings (SSSR count). The predicted molar refractivity (Wildman–Crippen MR) is 97.2 cm³/mol. The van der Waals surface area contributed by atoms with Gasteiger partial charge in [-0.05, 0) is 37.6 Å². The number of allylic oxidation sites excluding steroid dienone is 3. The third kappa shape index (κ3) is 4.71. The minimum absolute atomic E-state index is 0.127. The Bertz CT molecular complexity index is 769. The molecular formula is C20H25F4N2O+. The molecule has 7 heteroatoms. The Labute approximate surface area is 156 Å². The molecule has 0 aromatic heterocycles. The number of aromatic hydroxyl groups is 1. The molecule has 3 nitrogen and oxygen atoms in total. The lowest BCUT2D eigenvalue weighted by Gasteiger charge is -2.42. The van der Waals surface area contributed by atoms with Crippen molar-refractivity contribution in [1.82, 2.24) is 0 Å². The fourth-order valence-electron chi connectivity index (χ4n) is 3.52. The summed E-state index contributed by atoms with van der Waals surface area (Å²) >= 11 is 0. The lowest BCUT2D eigenvalue weighted by molar-refractivity contribution is -0.928. The number of nitrogens with two attached hydrogens (primary N) is 1. The largest absolute Gasteiger partial charge is 0.507 e. The van der Waals surface area contributed by atoms with E-state index in [1.807, 2.05) is 25.3 Å². The first-order valence-electron chi connectivity index (χ1n) is 8.65. The minimum Gasteiger partial charge on any atom is -0.507 e. The number of quaternary nitrogens is 1. The molecule has 0 amide bonds. The molecule has 0 aliphatic carbocycles. The van der Waals surface area contributed by atoms with Crippen LogP contribution in [0.1, 0.15) is 37.4 Å². The van der Waals surface area contributed by atoms with Crippen molar-refractivity contribution < 1.29 is 27.2 Å². The molecular weight excluding hydrogens is 360 g/mol. The first kappa shape index (κ1) is 21.0. The fraction of sp³-hybridized carbons (Fsp3) is 0.400. The minimum atomic E-state index is -4.73. The normalized spacial score (nSPS) is 27.4. The predicted octanol–water partition coefficient (Wildman–Crippen LogP) is 4.81. The number of alkyl halides is 3. The second-order valence-corrected chi connectivity index (χ2v) is 7.25. The van der Waals surface area contributed by atoms with Crippen molar-refractivity contribution in [1.29, 1.82) is 0 Å². The second kappa shape index (κ2) is 7.76. The van der Waals surface area contributed by atoms with Crippen molar-refractivity contribution in [3.8, 4) is 5.75 Å². The van der Waals surface area contributed by atoms with Gasteiger partial charge in [-0.1, -0.05) is 18.2 Å². The summed E-state index contributed by atoms with van der Waals surface area (Å²) in [6.07, 6.45) is 3.41. The molecule has 1 aliphatic heterocycles. The van der Waals surface area contributed by atoms with Crippen LogP contribution in [0.4, 0.5) is 17.6 Å². The summed E-state index contributed by atoms with van der Waals surface area (Å²) < 4.78 is 54.0. The van der Waals surface area contributed by atoms with Gasteiger partial charge in [0.1, 0.15) is 17.6 Å². The molecule has 1 aromatic carbocycles. The maximum atomic E-state index is 14.8. The van der Waals surface area contributed by atoms with Crippen LogP contribution in [0, 0.1) is 5.82 Å². The number of rotatable bonds is 3. The van der Waals surface area contributed by atoms with Crippen molar-refractivity contribution in [2.75, 3.05) is 20.1 Å².